The van der Waals surface area contributed by atoms with Crippen molar-refractivity contribution in [3.05, 3.63) is 59.9 Å². The van der Waals surface area contributed by atoms with Crippen molar-refractivity contribution in [1.82, 2.24) is 14.9 Å². The summed E-state index contributed by atoms with van der Waals surface area (Å²) in [6.07, 6.45) is 2.87. The number of hydrogen-bond acceptors (Lipinski definition) is 4. The van der Waals surface area contributed by atoms with E-state index in [2.05, 4.69) is 40.0 Å². The minimum atomic E-state index is -0.0999. The lowest BCUT2D eigenvalue weighted by Crippen LogP contribution is -2.27. The summed E-state index contributed by atoms with van der Waals surface area (Å²) >= 11 is 1.89. The Labute approximate surface area is 163 Å². The van der Waals surface area contributed by atoms with E-state index in [0.717, 1.165) is 24.5 Å². The summed E-state index contributed by atoms with van der Waals surface area (Å²) in [5.74, 6) is 2.54. The molecule has 5 nitrogen and oxygen atoms in total. The first-order valence-electron chi connectivity index (χ1n) is 9.24. The maximum atomic E-state index is 12.5. The Balaban J connectivity index is 1.37. The van der Waals surface area contributed by atoms with E-state index in [-0.39, 0.29) is 12.0 Å². The Hall–Kier alpha value is -2.47. The number of thioether (sulfide) groups is 1. The van der Waals surface area contributed by atoms with Gasteiger partial charge in [-0.15, -0.1) is 0 Å². The summed E-state index contributed by atoms with van der Waals surface area (Å²) in [6.45, 7) is 3.39. The van der Waals surface area contributed by atoms with Crippen LogP contribution in [0.2, 0.25) is 0 Å². The van der Waals surface area contributed by atoms with Crippen molar-refractivity contribution >= 4 is 28.6 Å². The molecule has 1 N–H and O–H groups in total. The number of carbonyl (C=O) groups excluding carboxylic acids is 1. The van der Waals surface area contributed by atoms with Crippen LogP contribution >= 0.6 is 11.8 Å². The molecule has 1 unspecified atom stereocenters. The first-order chi connectivity index (χ1) is 13.2. The van der Waals surface area contributed by atoms with E-state index >= 15 is 0 Å². The number of ether oxygens (including phenoxy) is 1. The number of hydrogen-bond donors (Lipinski definition) is 1. The molecule has 4 rings (SSSR count). The zero-order chi connectivity index (χ0) is 18.6. The lowest BCUT2D eigenvalue weighted by Gasteiger charge is -2.12. The number of benzene rings is 1. The van der Waals surface area contributed by atoms with Crippen molar-refractivity contribution in [1.29, 1.82) is 0 Å². The van der Waals surface area contributed by atoms with Crippen LogP contribution in [0.3, 0.4) is 0 Å². The number of aryl methyl sites for hydroxylation is 1. The fraction of sp³-hybridized carbons (Fsp3) is 0.333. The van der Waals surface area contributed by atoms with Crippen molar-refractivity contribution in [2.45, 2.75) is 26.0 Å². The third-order valence-corrected chi connectivity index (χ3v) is 5.94. The van der Waals surface area contributed by atoms with Gasteiger partial charge < -0.3 is 14.6 Å². The zero-order valence-electron chi connectivity index (χ0n) is 15.4. The molecule has 1 aliphatic rings. The van der Waals surface area contributed by atoms with E-state index in [1.165, 1.54) is 16.6 Å². The van der Waals surface area contributed by atoms with E-state index in [9.17, 15) is 4.79 Å². The Morgan fingerprint density at radius 1 is 1.33 bits per heavy atom. The number of amides is 1. The molecule has 6 heteroatoms. The predicted octanol–water partition coefficient (Wildman–Crippen LogP) is 3.66. The van der Waals surface area contributed by atoms with Gasteiger partial charge in [-0.25, -0.2) is 4.98 Å². The fourth-order valence-corrected chi connectivity index (χ4v) is 4.51. The molecule has 0 radical (unpaired) electrons. The number of para-hydroxylation sites is 1. The van der Waals surface area contributed by atoms with E-state index in [4.69, 9.17) is 4.74 Å². The van der Waals surface area contributed by atoms with Crippen LogP contribution in [0.5, 0.6) is 5.88 Å². The highest BCUT2D eigenvalue weighted by atomic mass is 32.2. The maximum absolute atomic E-state index is 12.5. The van der Waals surface area contributed by atoms with Crippen molar-refractivity contribution in [3.63, 3.8) is 0 Å². The minimum Gasteiger partial charge on any atom is -0.473 e. The average molecular weight is 382 g/mol. The van der Waals surface area contributed by atoms with Gasteiger partial charge in [0.25, 0.3) is 5.91 Å². The van der Waals surface area contributed by atoms with E-state index in [0.29, 0.717) is 18.0 Å². The lowest BCUT2D eigenvalue weighted by atomic mass is 10.2. The van der Waals surface area contributed by atoms with Gasteiger partial charge in [-0.2, -0.15) is 11.8 Å². The Kier molecular flexibility index (Phi) is 5.34. The molecule has 0 saturated carbocycles. The third-order valence-electron chi connectivity index (χ3n) is 4.81. The molecular formula is C21H23N3O2S. The van der Waals surface area contributed by atoms with Crippen LogP contribution < -0.4 is 10.1 Å². The number of nitrogens with zero attached hydrogens (tertiary/aromatic N) is 2. The number of pyridine rings is 1. The van der Waals surface area contributed by atoms with Crippen molar-refractivity contribution in [2.24, 2.45) is 0 Å². The number of carbonyl (C=O) groups is 1. The molecule has 1 fully saturated rings. The number of fused-ring (bicyclic) bond motifs is 1. The molecule has 0 aliphatic carbocycles. The van der Waals surface area contributed by atoms with E-state index in [1.807, 2.05) is 23.9 Å². The van der Waals surface area contributed by atoms with Gasteiger partial charge in [-0.05, 0) is 42.7 Å². The molecule has 1 aliphatic heterocycles. The standard InChI is InChI=1S/C21H23N3O2S/c1-15-12-16-4-2-3-5-19(16)24(15)10-9-23-21(25)17-6-8-22-20(13-17)26-18-7-11-27-14-18/h2-6,8,12-13,18H,7,9-11,14H2,1H3,(H,23,25). The summed E-state index contributed by atoms with van der Waals surface area (Å²) in [4.78, 5) is 16.7. The van der Waals surface area contributed by atoms with Crippen molar-refractivity contribution in [2.75, 3.05) is 18.1 Å². The van der Waals surface area contributed by atoms with Crippen molar-refractivity contribution < 1.29 is 9.53 Å². The highest BCUT2D eigenvalue weighted by molar-refractivity contribution is 7.99. The predicted molar refractivity (Wildman–Crippen MR) is 110 cm³/mol. The first kappa shape index (κ1) is 17.9. The van der Waals surface area contributed by atoms with Crippen LogP contribution in [0, 0.1) is 6.92 Å². The molecule has 140 valence electrons. The molecule has 1 atom stereocenters. The Bertz CT molecular complexity index is 948. The molecule has 27 heavy (non-hydrogen) atoms. The topological polar surface area (TPSA) is 56.2 Å². The van der Waals surface area contributed by atoms with Gasteiger partial charge in [0.05, 0.1) is 0 Å². The molecule has 0 spiro atoms. The quantitative estimate of drug-likeness (QED) is 0.708. The maximum Gasteiger partial charge on any atom is 0.251 e. The second kappa shape index (κ2) is 8.05. The summed E-state index contributed by atoms with van der Waals surface area (Å²) < 4.78 is 8.11. The lowest BCUT2D eigenvalue weighted by molar-refractivity contribution is 0.0951. The smallest absolute Gasteiger partial charge is 0.251 e. The van der Waals surface area contributed by atoms with Crippen LogP contribution in [-0.4, -0.2) is 39.6 Å². The minimum absolute atomic E-state index is 0.0999. The largest absolute Gasteiger partial charge is 0.473 e. The number of rotatable bonds is 6. The summed E-state index contributed by atoms with van der Waals surface area (Å²) in [6, 6.07) is 13.9. The molecule has 0 bridgehead atoms. The highest BCUT2D eigenvalue weighted by Gasteiger charge is 2.18. The summed E-state index contributed by atoms with van der Waals surface area (Å²) in [7, 11) is 0. The molecule has 2 aromatic heterocycles. The molecular weight excluding hydrogens is 358 g/mol. The molecule has 1 saturated heterocycles. The number of nitrogens with one attached hydrogen (secondary N) is 1. The Morgan fingerprint density at radius 3 is 3.07 bits per heavy atom. The van der Waals surface area contributed by atoms with Gasteiger partial charge >= 0.3 is 0 Å². The normalized spacial score (nSPS) is 16.6. The molecule has 3 heterocycles. The van der Waals surface area contributed by atoms with Crippen molar-refractivity contribution in [3.8, 4) is 5.88 Å². The summed E-state index contributed by atoms with van der Waals surface area (Å²) in [5, 5.41) is 4.23. The van der Waals surface area contributed by atoms with Gasteiger partial charge in [0.15, 0.2) is 0 Å². The van der Waals surface area contributed by atoms with Gasteiger partial charge in [-0.3, -0.25) is 4.79 Å². The van der Waals surface area contributed by atoms with Crippen LogP contribution in [0.4, 0.5) is 0 Å². The van der Waals surface area contributed by atoms with Crippen LogP contribution in [0.1, 0.15) is 22.5 Å². The molecule has 3 aromatic rings. The van der Waals surface area contributed by atoms with E-state index < -0.39 is 0 Å². The highest BCUT2D eigenvalue weighted by Crippen LogP contribution is 2.22. The average Bonchev–Trinajstić information content (AvgIpc) is 3.29. The fourth-order valence-electron chi connectivity index (χ4n) is 3.42. The van der Waals surface area contributed by atoms with Crippen LogP contribution in [0.25, 0.3) is 10.9 Å². The third kappa shape index (κ3) is 4.11. The SMILES string of the molecule is Cc1cc2ccccc2n1CCNC(=O)c1ccnc(OC2CCSC2)c1. The van der Waals surface area contributed by atoms with Gasteiger partial charge in [-0.1, -0.05) is 18.2 Å². The van der Waals surface area contributed by atoms with Crippen LogP contribution in [-0.2, 0) is 6.54 Å². The molecule has 1 aromatic carbocycles. The molecule has 1 amide bonds. The van der Waals surface area contributed by atoms with Gasteiger partial charge in [0, 0.05) is 47.9 Å². The Morgan fingerprint density at radius 2 is 2.22 bits per heavy atom. The second-order valence-electron chi connectivity index (χ2n) is 6.74. The summed E-state index contributed by atoms with van der Waals surface area (Å²) in [5.41, 5.74) is 2.97. The number of aromatic nitrogens is 2. The van der Waals surface area contributed by atoms with Gasteiger partial charge in [0.2, 0.25) is 5.88 Å². The van der Waals surface area contributed by atoms with E-state index in [1.54, 1.807) is 18.3 Å². The monoisotopic (exact) mass is 381 g/mol. The second-order valence-corrected chi connectivity index (χ2v) is 7.89. The first-order valence-corrected chi connectivity index (χ1v) is 10.4. The van der Waals surface area contributed by atoms with Crippen LogP contribution in [0.15, 0.2) is 48.7 Å². The van der Waals surface area contributed by atoms with Gasteiger partial charge in [0.1, 0.15) is 6.10 Å². The zero-order valence-corrected chi connectivity index (χ0v) is 16.2.